The lowest BCUT2D eigenvalue weighted by molar-refractivity contribution is -0.118. The topological polar surface area (TPSA) is 29.1 Å². The van der Waals surface area contributed by atoms with E-state index in [1.54, 1.807) is 0 Å². The number of carbonyl (C=O) groups is 1. The van der Waals surface area contributed by atoms with Crippen LogP contribution in [0.4, 0.5) is 0 Å². The molecule has 0 aliphatic carbocycles. The van der Waals surface area contributed by atoms with Crippen LogP contribution in [0.25, 0.3) is 0 Å². The van der Waals surface area contributed by atoms with Crippen LogP contribution in [-0.4, -0.2) is 17.9 Å². The first-order valence-electron chi connectivity index (χ1n) is 6.19. The number of aryl methyl sites for hydroxylation is 1. The quantitative estimate of drug-likeness (QED) is 0.847. The third kappa shape index (κ3) is 6.22. The first-order valence-corrected chi connectivity index (χ1v) is 6.19. The maximum absolute atomic E-state index is 11.8. The second-order valence-corrected chi connectivity index (χ2v) is 5.63. The van der Waals surface area contributed by atoms with Gasteiger partial charge in [-0.3, -0.25) is 4.79 Å². The summed E-state index contributed by atoms with van der Waals surface area (Å²) in [5, 5.41) is 3.33. The number of rotatable bonds is 5. The van der Waals surface area contributed by atoms with Gasteiger partial charge in [0.15, 0.2) is 0 Å². The van der Waals surface area contributed by atoms with Gasteiger partial charge in [0.25, 0.3) is 0 Å². The van der Waals surface area contributed by atoms with Crippen LogP contribution in [0, 0.1) is 6.92 Å². The normalized spacial score (nSPS) is 11.5. The van der Waals surface area contributed by atoms with Gasteiger partial charge in [-0.05, 0) is 33.3 Å². The molecule has 17 heavy (non-hydrogen) atoms. The second-order valence-electron chi connectivity index (χ2n) is 5.63. The maximum atomic E-state index is 11.8. The highest BCUT2D eigenvalue weighted by molar-refractivity contribution is 5.81. The van der Waals surface area contributed by atoms with Gasteiger partial charge < -0.3 is 5.32 Å². The Bertz CT molecular complexity index is 377. The molecular weight excluding hydrogens is 210 g/mol. The van der Waals surface area contributed by atoms with Crippen LogP contribution in [0.5, 0.6) is 0 Å². The molecule has 0 saturated heterocycles. The first kappa shape index (κ1) is 13.9. The van der Waals surface area contributed by atoms with Gasteiger partial charge in [-0.1, -0.05) is 29.8 Å². The van der Waals surface area contributed by atoms with Crippen molar-refractivity contribution in [2.45, 2.75) is 46.1 Å². The Morgan fingerprint density at radius 3 is 2.59 bits per heavy atom. The van der Waals surface area contributed by atoms with Gasteiger partial charge in [-0.15, -0.1) is 0 Å². The number of carbonyl (C=O) groups excluding carboxylic acids is 1. The van der Waals surface area contributed by atoms with Crippen molar-refractivity contribution in [2.75, 3.05) is 6.54 Å². The van der Waals surface area contributed by atoms with E-state index in [0.717, 1.165) is 12.1 Å². The Morgan fingerprint density at radius 2 is 2.00 bits per heavy atom. The van der Waals surface area contributed by atoms with Crippen molar-refractivity contribution in [1.29, 1.82) is 0 Å². The highest BCUT2D eigenvalue weighted by Crippen LogP contribution is 2.06. The predicted octanol–water partition coefficient (Wildman–Crippen LogP) is 2.88. The van der Waals surface area contributed by atoms with E-state index >= 15 is 0 Å². The fourth-order valence-electron chi connectivity index (χ4n) is 1.72. The summed E-state index contributed by atoms with van der Waals surface area (Å²) in [6, 6.07) is 8.15. The fourth-order valence-corrected chi connectivity index (χ4v) is 1.72. The molecule has 0 spiro atoms. The summed E-state index contributed by atoms with van der Waals surface area (Å²) in [7, 11) is 0. The van der Waals surface area contributed by atoms with Crippen LogP contribution in [0.15, 0.2) is 24.3 Å². The monoisotopic (exact) mass is 233 g/mol. The van der Waals surface area contributed by atoms with Gasteiger partial charge in [0.05, 0.1) is 0 Å². The fraction of sp³-hybridized carbons (Fsp3) is 0.533. The lowest BCUT2D eigenvalue weighted by atomic mass is 10.0. The van der Waals surface area contributed by atoms with Crippen molar-refractivity contribution in [3.63, 3.8) is 0 Å². The second kappa shape index (κ2) is 5.97. The van der Waals surface area contributed by atoms with Crippen LogP contribution in [0.3, 0.4) is 0 Å². The number of benzene rings is 1. The van der Waals surface area contributed by atoms with E-state index in [0.29, 0.717) is 18.6 Å². The summed E-state index contributed by atoms with van der Waals surface area (Å²) in [4.78, 5) is 11.8. The van der Waals surface area contributed by atoms with Crippen LogP contribution >= 0.6 is 0 Å². The molecule has 1 rings (SSSR count). The molecule has 0 heterocycles. The molecule has 2 nitrogen and oxygen atoms in total. The van der Waals surface area contributed by atoms with Crippen LogP contribution in [0.1, 0.15) is 38.3 Å². The largest absolute Gasteiger partial charge is 0.312 e. The van der Waals surface area contributed by atoms with Crippen LogP contribution in [0.2, 0.25) is 0 Å². The number of hydrogen-bond acceptors (Lipinski definition) is 2. The zero-order valence-electron chi connectivity index (χ0n) is 11.3. The highest BCUT2D eigenvalue weighted by Gasteiger charge is 2.09. The summed E-state index contributed by atoms with van der Waals surface area (Å²) in [5.41, 5.74) is 2.41. The SMILES string of the molecule is Cc1cccc(CC(=O)CCNC(C)(C)C)c1. The minimum absolute atomic E-state index is 0.0869. The molecule has 0 amide bonds. The molecule has 1 N–H and O–H groups in total. The Kier molecular flexibility index (Phi) is 4.88. The van der Waals surface area contributed by atoms with Crippen LogP contribution < -0.4 is 5.32 Å². The zero-order valence-corrected chi connectivity index (χ0v) is 11.3. The van der Waals surface area contributed by atoms with E-state index in [1.165, 1.54) is 5.56 Å². The van der Waals surface area contributed by atoms with Crippen molar-refractivity contribution < 1.29 is 4.79 Å². The summed E-state index contributed by atoms with van der Waals surface area (Å²) >= 11 is 0. The molecule has 94 valence electrons. The molecule has 1 aromatic rings. The molecule has 2 heteroatoms. The van der Waals surface area contributed by atoms with E-state index in [9.17, 15) is 4.79 Å². The average Bonchev–Trinajstić information content (AvgIpc) is 2.15. The lowest BCUT2D eigenvalue weighted by Gasteiger charge is -2.20. The van der Waals surface area contributed by atoms with Gasteiger partial charge in [0.1, 0.15) is 5.78 Å². The standard InChI is InChI=1S/C15H23NO/c1-12-6-5-7-13(10-12)11-14(17)8-9-16-15(2,3)4/h5-7,10,16H,8-9,11H2,1-4H3. The number of Topliss-reactive ketones (excluding diaryl/α,β-unsaturated/α-hetero) is 1. The van der Waals surface area contributed by atoms with Gasteiger partial charge in [0.2, 0.25) is 0 Å². The maximum Gasteiger partial charge on any atom is 0.138 e. The molecule has 0 radical (unpaired) electrons. The Balaban J connectivity index is 2.35. The van der Waals surface area contributed by atoms with Gasteiger partial charge >= 0.3 is 0 Å². The highest BCUT2D eigenvalue weighted by atomic mass is 16.1. The Morgan fingerprint density at radius 1 is 1.29 bits per heavy atom. The molecule has 0 aliphatic rings. The molecule has 0 fully saturated rings. The van der Waals surface area contributed by atoms with E-state index < -0.39 is 0 Å². The zero-order chi connectivity index (χ0) is 12.9. The van der Waals surface area contributed by atoms with Gasteiger partial charge in [-0.2, -0.15) is 0 Å². The average molecular weight is 233 g/mol. The van der Waals surface area contributed by atoms with Gasteiger partial charge in [-0.25, -0.2) is 0 Å². The summed E-state index contributed by atoms with van der Waals surface area (Å²) < 4.78 is 0. The molecule has 0 saturated carbocycles. The van der Waals surface area contributed by atoms with E-state index in [-0.39, 0.29) is 5.54 Å². The summed E-state index contributed by atoms with van der Waals surface area (Å²) in [6.45, 7) is 9.14. The Labute approximate surface area is 104 Å². The molecular formula is C15H23NO. The minimum Gasteiger partial charge on any atom is -0.312 e. The minimum atomic E-state index is 0.0869. The van der Waals surface area contributed by atoms with Crippen molar-refractivity contribution >= 4 is 5.78 Å². The molecule has 1 aromatic carbocycles. The van der Waals surface area contributed by atoms with E-state index in [4.69, 9.17) is 0 Å². The number of nitrogens with one attached hydrogen (secondary N) is 1. The van der Waals surface area contributed by atoms with Crippen molar-refractivity contribution in [3.8, 4) is 0 Å². The molecule has 0 aromatic heterocycles. The summed E-state index contributed by atoms with van der Waals surface area (Å²) in [5.74, 6) is 0.298. The predicted molar refractivity (Wildman–Crippen MR) is 72.3 cm³/mol. The molecule has 0 bridgehead atoms. The number of ketones is 1. The smallest absolute Gasteiger partial charge is 0.138 e. The van der Waals surface area contributed by atoms with E-state index in [1.807, 2.05) is 12.1 Å². The third-order valence-corrected chi connectivity index (χ3v) is 2.54. The Hall–Kier alpha value is -1.15. The van der Waals surface area contributed by atoms with Crippen molar-refractivity contribution in [3.05, 3.63) is 35.4 Å². The number of hydrogen-bond donors (Lipinski definition) is 1. The third-order valence-electron chi connectivity index (χ3n) is 2.54. The van der Waals surface area contributed by atoms with Crippen LogP contribution in [-0.2, 0) is 11.2 Å². The van der Waals surface area contributed by atoms with E-state index in [2.05, 4.69) is 45.1 Å². The summed E-state index contributed by atoms with van der Waals surface area (Å²) in [6.07, 6.45) is 1.15. The van der Waals surface area contributed by atoms with Gasteiger partial charge in [0, 0.05) is 24.9 Å². The molecule has 0 unspecified atom stereocenters. The first-order chi connectivity index (χ1) is 7.87. The molecule has 0 aliphatic heterocycles. The van der Waals surface area contributed by atoms with Crippen molar-refractivity contribution in [2.24, 2.45) is 0 Å². The molecule has 0 atom stereocenters. The van der Waals surface area contributed by atoms with Crippen molar-refractivity contribution in [1.82, 2.24) is 5.32 Å². The lowest BCUT2D eigenvalue weighted by Crippen LogP contribution is -2.37.